The highest BCUT2D eigenvalue weighted by molar-refractivity contribution is 5.64. The van der Waals surface area contributed by atoms with E-state index in [2.05, 4.69) is 19.2 Å². The Bertz CT molecular complexity index is 148. The van der Waals surface area contributed by atoms with Gasteiger partial charge in [-0.15, -0.1) is 0 Å². The van der Waals surface area contributed by atoms with Gasteiger partial charge in [-0.2, -0.15) is 0 Å². The van der Waals surface area contributed by atoms with Crippen LogP contribution in [-0.4, -0.2) is 17.2 Å². The van der Waals surface area contributed by atoms with Crippen molar-refractivity contribution in [2.24, 2.45) is 0 Å². The Morgan fingerprint density at radius 1 is 1.14 bits per heavy atom. The summed E-state index contributed by atoms with van der Waals surface area (Å²) in [7, 11) is 0. The van der Waals surface area contributed by atoms with Gasteiger partial charge in [-0.05, 0) is 12.8 Å². The number of rotatable bonds is 8. The van der Waals surface area contributed by atoms with Crippen LogP contribution in [0.25, 0.3) is 0 Å². The molecule has 14 heavy (non-hydrogen) atoms. The summed E-state index contributed by atoms with van der Waals surface area (Å²) in [6, 6.07) is 0.166. The van der Waals surface area contributed by atoms with Gasteiger partial charge in [0.05, 0.1) is 0 Å². The van der Waals surface area contributed by atoms with E-state index in [1.165, 1.54) is 12.8 Å². The lowest BCUT2D eigenvalue weighted by Gasteiger charge is -2.16. The van der Waals surface area contributed by atoms with Gasteiger partial charge in [-0.25, -0.2) is 4.79 Å². The molecule has 0 spiro atoms. The van der Waals surface area contributed by atoms with Crippen LogP contribution in [0.4, 0.5) is 4.79 Å². The normalized spacial score (nSPS) is 12.4. The van der Waals surface area contributed by atoms with Gasteiger partial charge in [0.2, 0.25) is 0 Å². The molecule has 3 nitrogen and oxygen atoms in total. The van der Waals surface area contributed by atoms with E-state index in [9.17, 15) is 4.79 Å². The molecular formula is C11H23NO2. The molecule has 0 rings (SSSR count). The maximum atomic E-state index is 10.5. The van der Waals surface area contributed by atoms with E-state index in [1.54, 1.807) is 0 Å². The molecule has 84 valence electrons. The first-order chi connectivity index (χ1) is 6.70. The lowest BCUT2D eigenvalue weighted by atomic mass is 10.0. The highest BCUT2D eigenvalue weighted by Crippen LogP contribution is 2.09. The molecule has 0 aromatic heterocycles. The Hall–Kier alpha value is -0.730. The highest BCUT2D eigenvalue weighted by Gasteiger charge is 2.09. The third kappa shape index (κ3) is 7.90. The smallest absolute Gasteiger partial charge is 0.404 e. The fourth-order valence-electron chi connectivity index (χ4n) is 1.55. The van der Waals surface area contributed by atoms with Gasteiger partial charge in [0, 0.05) is 6.04 Å². The van der Waals surface area contributed by atoms with Gasteiger partial charge in [-0.1, -0.05) is 46.0 Å². The minimum atomic E-state index is -0.886. The summed E-state index contributed by atoms with van der Waals surface area (Å²) >= 11 is 0. The molecule has 0 aliphatic rings. The lowest BCUT2D eigenvalue weighted by molar-refractivity contribution is 0.187. The number of nitrogens with one attached hydrogen (secondary N) is 1. The quantitative estimate of drug-likeness (QED) is 0.591. The maximum Gasteiger partial charge on any atom is 0.404 e. The Morgan fingerprint density at radius 2 is 1.71 bits per heavy atom. The van der Waals surface area contributed by atoms with E-state index in [1.807, 2.05) is 0 Å². The predicted molar refractivity (Wildman–Crippen MR) is 58.6 cm³/mol. The van der Waals surface area contributed by atoms with Gasteiger partial charge in [0.25, 0.3) is 0 Å². The predicted octanol–water partition coefficient (Wildman–Crippen LogP) is 3.39. The SMILES string of the molecule is CCCCCC(CCCC)NC(=O)O. The summed E-state index contributed by atoms with van der Waals surface area (Å²) in [6.45, 7) is 4.29. The van der Waals surface area contributed by atoms with Gasteiger partial charge < -0.3 is 10.4 Å². The summed E-state index contributed by atoms with van der Waals surface area (Å²) in [6.07, 6.45) is 6.83. The van der Waals surface area contributed by atoms with Crippen LogP contribution in [0.2, 0.25) is 0 Å². The second-order valence-corrected chi connectivity index (χ2v) is 3.78. The number of hydrogen-bond donors (Lipinski definition) is 2. The average Bonchev–Trinajstić information content (AvgIpc) is 2.13. The Balaban J connectivity index is 3.66. The highest BCUT2D eigenvalue weighted by atomic mass is 16.4. The molecule has 0 aliphatic carbocycles. The molecule has 0 fully saturated rings. The zero-order valence-electron chi connectivity index (χ0n) is 9.38. The molecule has 1 unspecified atom stereocenters. The van der Waals surface area contributed by atoms with Crippen molar-refractivity contribution >= 4 is 6.09 Å². The minimum Gasteiger partial charge on any atom is -0.465 e. The van der Waals surface area contributed by atoms with Gasteiger partial charge >= 0.3 is 6.09 Å². The first-order valence-corrected chi connectivity index (χ1v) is 5.70. The van der Waals surface area contributed by atoms with Crippen molar-refractivity contribution in [2.75, 3.05) is 0 Å². The van der Waals surface area contributed by atoms with E-state index in [0.717, 1.165) is 32.1 Å². The second kappa shape index (κ2) is 8.85. The van der Waals surface area contributed by atoms with Crippen LogP contribution in [0.1, 0.15) is 58.8 Å². The number of amides is 1. The Kier molecular flexibility index (Phi) is 8.39. The van der Waals surface area contributed by atoms with Crippen molar-refractivity contribution in [1.82, 2.24) is 5.32 Å². The van der Waals surface area contributed by atoms with E-state index >= 15 is 0 Å². The van der Waals surface area contributed by atoms with Crippen molar-refractivity contribution in [1.29, 1.82) is 0 Å². The molecule has 0 heterocycles. The van der Waals surface area contributed by atoms with Gasteiger partial charge in [0.15, 0.2) is 0 Å². The maximum absolute atomic E-state index is 10.5. The van der Waals surface area contributed by atoms with Crippen molar-refractivity contribution in [2.45, 2.75) is 64.8 Å². The van der Waals surface area contributed by atoms with Gasteiger partial charge in [-0.3, -0.25) is 0 Å². The Morgan fingerprint density at radius 3 is 2.21 bits per heavy atom. The van der Waals surface area contributed by atoms with E-state index < -0.39 is 6.09 Å². The lowest BCUT2D eigenvalue weighted by Crippen LogP contribution is -2.33. The molecule has 0 bridgehead atoms. The van der Waals surface area contributed by atoms with Crippen LogP contribution in [0.3, 0.4) is 0 Å². The van der Waals surface area contributed by atoms with Crippen molar-refractivity contribution < 1.29 is 9.90 Å². The summed E-state index contributed by atoms with van der Waals surface area (Å²) in [5.41, 5.74) is 0. The second-order valence-electron chi connectivity index (χ2n) is 3.78. The molecule has 0 radical (unpaired) electrons. The van der Waals surface area contributed by atoms with E-state index in [-0.39, 0.29) is 6.04 Å². The third-order valence-electron chi connectivity index (χ3n) is 2.39. The standard InChI is InChI=1S/C11H23NO2/c1-3-5-7-9-10(8-6-4-2)12-11(13)14/h10,12H,3-9H2,1-2H3,(H,13,14). The molecule has 0 aliphatic heterocycles. The number of carboxylic acid groups (broad SMARTS) is 1. The van der Waals surface area contributed by atoms with Crippen LogP contribution in [-0.2, 0) is 0 Å². The summed E-state index contributed by atoms with van der Waals surface area (Å²) in [5, 5.41) is 11.2. The fourth-order valence-corrected chi connectivity index (χ4v) is 1.55. The van der Waals surface area contributed by atoms with Crippen LogP contribution in [0.5, 0.6) is 0 Å². The number of carbonyl (C=O) groups is 1. The first kappa shape index (κ1) is 13.3. The molecule has 0 saturated carbocycles. The largest absolute Gasteiger partial charge is 0.465 e. The van der Waals surface area contributed by atoms with E-state index in [0.29, 0.717) is 0 Å². The fraction of sp³-hybridized carbons (Fsp3) is 0.909. The minimum absolute atomic E-state index is 0.166. The molecule has 1 amide bonds. The summed E-state index contributed by atoms with van der Waals surface area (Å²) in [5.74, 6) is 0. The zero-order chi connectivity index (χ0) is 10.8. The molecule has 0 aromatic rings. The van der Waals surface area contributed by atoms with Crippen molar-refractivity contribution in [3.8, 4) is 0 Å². The summed E-state index contributed by atoms with van der Waals surface area (Å²) < 4.78 is 0. The van der Waals surface area contributed by atoms with Crippen molar-refractivity contribution in [3.63, 3.8) is 0 Å². The average molecular weight is 201 g/mol. The van der Waals surface area contributed by atoms with Gasteiger partial charge in [0.1, 0.15) is 0 Å². The molecule has 0 saturated heterocycles. The van der Waals surface area contributed by atoms with E-state index in [4.69, 9.17) is 5.11 Å². The monoisotopic (exact) mass is 201 g/mol. The number of hydrogen-bond acceptors (Lipinski definition) is 1. The van der Waals surface area contributed by atoms with Crippen molar-refractivity contribution in [3.05, 3.63) is 0 Å². The Labute approximate surface area is 86.9 Å². The van der Waals surface area contributed by atoms with Crippen LogP contribution < -0.4 is 5.32 Å². The molecule has 2 N–H and O–H groups in total. The summed E-state index contributed by atoms with van der Waals surface area (Å²) in [4.78, 5) is 10.5. The first-order valence-electron chi connectivity index (χ1n) is 5.70. The molecule has 3 heteroatoms. The molecule has 1 atom stereocenters. The van der Waals surface area contributed by atoms with Crippen LogP contribution in [0.15, 0.2) is 0 Å². The van der Waals surface area contributed by atoms with Crippen LogP contribution in [0, 0.1) is 0 Å². The number of unbranched alkanes of at least 4 members (excludes halogenated alkanes) is 3. The molecular weight excluding hydrogens is 178 g/mol. The van der Waals surface area contributed by atoms with Crippen LogP contribution >= 0.6 is 0 Å². The topological polar surface area (TPSA) is 49.3 Å². The third-order valence-corrected chi connectivity index (χ3v) is 2.39. The molecule has 0 aromatic carbocycles. The zero-order valence-corrected chi connectivity index (χ0v) is 9.38.